The van der Waals surface area contributed by atoms with Gasteiger partial charge in [0.1, 0.15) is 5.69 Å². The maximum atomic E-state index is 12.5. The quantitative estimate of drug-likeness (QED) is 0.0458. The minimum Gasteiger partial charge on any atom is -0.477 e. The van der Waals surface area contributed by atoms with Gasteiger partial charge in [0.15, 0.2) is 0 Å². The van der Waals surface area contributed by atoms with Crippen LogP contribution >= 0.6 is 12.0 Å². The van der Waals surface area contributed by atoms with E-state index in [2.05, 4.69) is 34.5 Å². The third-order valence-electron chi connectivity index (χ3n) is 5.32. The van der Waals surface area contributed by atoms with Crippen LogP contribution in [0.15, 0.2) is 62.3 Å². The molecule has 2 rings (SSSR count). The number of anilines is 1. The number of nitro groups is 1. The second-order valence-corrected chi connectivity index (χ2v) is 10.3. The molecule has 3 N–H and O–H groups in total. The van der Waals surface area contributed by atoms with Crippen LogP contribution in [0.2, 0.25) is 0 Å². The fraction of sp³-hybridized carbons (Fsp3) is 0.348. The molecular weight excluding hydrogens is 568 g/mol. The lowest BCUT2D eigenvalue weighted by Gasteiger charge is -2.17. The molecule has 15 nitrogen and oxygen atoms in total. The summed E-state index contributed by atoms with van der Waals surface area (Å²) < 4.78 is 36.8. The molecule has 0 radical (unpaired) electrons. The van der Waals surface area contributed by atoms with Gasteiger partial charge in [0, 0.05) is 17.5 Å². The Kier molecular flexibility index (Phi) is 13.6. The van der Waals surface area contributed by atoms with E-state index < -0.39 is 32.3 Å². The first-order chi connectivity index (χ1) is 19.1. The van der Waals surface area contributed by atoms with Gasteiger partial charge in [-0.1, -0.05) is 18.9 Å². The largest absolute Gasteiger partial charge is 0.477 e. The standard InChI is InChI=1S/C23H30N6O9S2/c1-4-28(5-2)14-6-13-25-40(34,35)19-10-7-17(8-11-19)24-16-22(30)23(36-3)27-26-20-12-9-18(39-38-37-33)15-21(20)29(31)32/h7-12,15-16,25-26,33H,4-6,13-14H2,1-3H3. The molecule has 0 bridgehead atoms. The van der Waals surface area contributed by atoms with Crippen LogP contribution < -0.4 is 10.1 Å². The van der Waals surface area contributed by atoms with Gasteiger partial charge in [-0.05, 0) is 62.5 Å². The van der Waals surface area contributed by atoms with Crippen LogP contribution in [0, 0.1) is 10.1 Å². The summed E-state index contributed by atoms with van der Waals surface area (Å²) in [6.45, 7) is 6.99. The van der Waals surface area contributed by atoms with Crippen LogP contribution in [0.3, 0.4) is 0 Å². The zero-order valence-corrected chi connectivity index (χ0v) is 23.6. The summed E-state index contributed by atoms with van der Waals surface area (Å²) in [7, 11) is -2.51. The van der Waals surface area contributed by atoms with E-state index in [-0.39, 0.29) is 15.5 Å². The highest BCUT2D eigenvalue weighted by molar-refractivity contribution is 7.94. The van der Waals surface area contributed by atoms with Gasteiger partial charge in [-0.3, -0.25) is 25.3 Å². The number of sulfonamides is 1. The van der Waals surface area contributed by atoms with Gasteiger partial charge in [0.05, 0.1) is 40.9 Å². The van der Waals surface area contributed by atoms with E-state index in [1.165, 1.54) is 43.5 Å². The number of nitrogens with zero attached hydrogens (tertiary/aromatic N) is 4. The molecule has 0 aromatic heterocycles. The third-order valence-corrected chi connectivity index (χ3v) is 7.38. The molecule has 40 heavy (non-hydrogen) atoms. The lowest BCUT2D eigenvalue weighted by Crippen LogP contribution is -2.29. The summed E-state index contributed by atoms with van der Waals surface area (Å²) in [4.78, 5) is 29.7. The molecule has 218 valence electrons. The van der Waals surface area contributed by atoms with Crippen LogP contribution in [0.25, 0.3) is 0 Å². The van der Waals surface area contributed by atoms with Gasteiger partial charge < -0.3 is 9.64 Å². The molecule has 0 heterocycles. The van der Waals surface area contributed by atoms with E-state index in [1.54, 1.807) is 0 Å². The van der Waals surface area contributed by atoms with Crippen molar-refractivity contribution in [2.75, 3.05) is 38.7 Å². The number of aliphatic imine (C=N–C) groups is 1. The Morgan fingerprint density at radius 3 is 2.50 bits per heavy atom. The number of ketones is 1. The van der Waals surface area contributed by atoms with Gasteiger partial charge in [-0.15, -0.1) is 9.44 Å². The van der Waals surface area contributed by atoms with Crippen molar-refractivity contribution < 1.29 is 37.5 Å². The molecule has 0 saturated carbocycles. The van der Waals surface area contributed by atoms with Crippen molar-refractivity contribution in [3.8, 4) is 0 Å². The lowest BCUT2D eigenvalue weighted by atomic mass is 10.3. The highest BCUT2D eigenvalue weighted by atomic mass is 32.2. The van der Waals surface area contributed by atoms with E-state index >= 15 is 0 Å². The molecule has 0 aliphatic heterocycles. The highest BCUT2D eigenvalue weighted by Gasteiger charge is 2.17. The first-order valence-electron chi connectivity index (χ1n) is 11.9. The normalized spacial score (nSPS) is 12.2. The van der Waals surface area contributed by atoms with Crippen molar-refractivity contribution in [1.29, 1.82) is 0 Å². The van der Waals surface area contributed by atoms with E-state index in [0.717, 1.165) is 31.9 Å². The number of nitro benzene ring substituents is 1. The number of ether oxygens (including phenoxy) is 1. The molecule has 0 aliphatic rings. The molecule has 0 saturated heterocycles. The molecule has 0 amide bonds. The number of methoxy groups -OCH3 is 1. The zero-order chi connectivity index (χ0) is 29.5. The predicted molar refractivity (Wildman–Crippen MR) is 149 cm³/mol. The number of Topliss-reactive ketones (excluding diaryl/α,β-unsaturated/α-hetero) is 1. The average Bonchev–Trinajstić information content (AvgIpc) is 2.95. The van der Waals surface area contributed by atoms with Gasteiger partial charge in [-0.25, -0.2) is 18.4 Å². The molecule has 2 aromatic carbocycles. The van der Waals surface area contributed by atoms with Crippen LogP contribution in [0.4, 0.5) is 17.1 Å². The monoisotopic (exact) mass is 598 g/mol. The molecule has 0 unspecified atom stereocenters. The Morgan fingerprint density at radius 1 is 1.20 bits per heavy atom. The van der Waals surface area contributed by atoms with Gasteiger partial charge >= 0.3 is 0 Å². The summed E-state index contributed by atoms with van der Waals surface area (Å²) in [5.41, 5.74) is 2.24. The number of hydrazone groups is 1. The summed E-state index contributed by atoms with van der Waals surface area (Å²) >= 11 is 0.533. The fourth-order valence-electron chi connectivity index (χ4n) is 3.21. The number of benzene rings is 2. The van der Waals surface area contributed by atoms with Crippen LogP contribution in [0.5, 0.6) is 0 Å². The number of nitrogens with one attached hydrogen (secondary N) is 2. The van der Waals surface area contributed by atoms with Crippen LogP contribution in [-0.4, -0.2) is 74.7 Å². The SMILES string of the molecule is CCN(CC)CCCNS(=O)(=O)c1ccc(N=CC(=O)C(=NNc2ccc(SOOO)cc2[N+](=O)[O-])OC)cc1. The van der Waals surface area contributed by atoms with Crippen LogP contribution in [0.1, 0.15) is 20.3 Å². The molecule has 0 fully saturated rings. The Labute approximate surface area is 235 Å². The first-order valence-corrected chi connectivity index (χ1v) is 14.1. The minimum atomic E-state index is -3.70. The van der Waals surface area contributed by atoms with Gasteiger partial charge in [0.2, 0.25) is 10.0 Å². The van der Waals surface area contributed by atoms with Crippen molar-refractivity contribution in [3.63, 3.8) is 0 Å². The molecule has 2 aromatic rings. The Balaban J connectivity index is 2.03. The van der Waals surface area contributed by atoms with E-state index in [4.69, 9.17) is 9.99 Å². The fourth-order valence-corrected chi connectivity index (χ4v) is 4.67. The number of rotatable bonds is 17. The molecular formula is C23H30N6O9S2. The van der Waals surface area contributed by atoms with Gasteiger partial charge in [-0.2, -0.15) is 0 Å². The lowest BCUT2D eigenvalue weighted by molar-refractivity contribution is -0.432. The third kappa shape index (κ3) is 10.3. The number of carbonyl (C=O) groups is 1. The summed E-state index contributed by atoms with van der Waals surface area (Å²) in [5, 5.41) is 26.8. The van der Waals surface area contributed by atoms with Crippen molar-refractivity contribution in [2.45, 2.75) is 30.1 Å². The summed E-state index contributed by atoms with van der Waals surface area (Å²) in [6.07, 6.45) is 1.59. The van der Waals surface area contributed by atoms with Crippen molar-refractivity contribution in [3.05, 3.63) is 52.6 Å². The maximum Gasteiger partial charge on any atom is 0.295 e. The summed E-state index contributed by atoms with van der Waals surface area (Å²) in [6, 6.07) is 9.45. The number of hydrogen-bond acceptors (Lipinski definition) is 14. The van der Waals surface area contributed by atoms with E-state index in [9.17, 15) is 23.3 Å². The van der Waals surface area contributed by atoms with Gasteiger partial charge in [0.25, 0.3) is 17.4 Å². The second kappa shape index (κ2) is 16.6. The first kappa shape index (κ1) is 32.8. The Morgan fingerprint density at radius 2 is 1.90 bits per heavy atom. The van der Waals surface area contributed by atoms with Crippen molar-refractivity contribution >= 4 is 57.0 Å². The average molecular weight is 599 g/mol. The second-order valence-electron chi connectivity index (χ2n) is 7.79. The van der Waals surface area contributed by atoms with E-state index in [0.29, 0.717) is 30.7 Å². The smallest absolute Gasteiger partial charge is 0.295 e. The predicted octanol–water partition coefficient (Wildman–Crippen LogP) is 3.38. The highest BCUT2D eigenvalue weighted by Crippen LogP contribution is 2.30. The number of carbonyl (C=O) groups excluding carboxylic acids is 1. The Bertz CT molecular complexity index is 1300. The van der Waals surface area contributed by atoms with Crippen molar-refractivity contribution in [2.24, 2.45) is 10.1 Å². The minimum absolute atomic E-state index is 0.0583. The van der Waals surface area contributed by atoms with E-state index in [1.807, 2.05) is 13.8 Å². The maximum absolute atomic E-state index is 12.5. The Hall–Kier alpha value is -3.45. The zero-order valence-electron chi connectivity index (χ0n) is 22.0. The molecule has 0 atom stereocenters. The summed E-state index contributed by atoms with van der Waals surface area (Å²) in [5.74, 6) is -1.20. The van der Waals surface area contributed by atoms with Crippen molar-refractivity contribution in [1.82, 2.24) is 9.62 Å². The molecule has 0 aliphatic carbocycles. The molecule has 0 spiro atoms. The topological polar surface area (TPSA) is 194 Å². The van der Waals surface area contributed by atoms with Crippen LogP contribution in [-0.2, 0) is 28.9 Å². The molecule has 17 heteroatoms. The number of hydrogen-bond donors (Lipinski definition) is 3.